The minimum atomic E-state index is -0.431. The summed E-state index contributed by atoms with van der Waals surface area (Å²) in [5.74, 6) is 0.366. The second kappa shape index (κ2) is 9.78. The molecule has 1 amide bonds. The molecule has 0 atom stereocenters. The number of halogens is 1. The maximum absolute atomic E-state index is 12.2. The van der Waals surface area contributed by atoms with E-state index < -0.39 is 5.97 Å². The molecule has 0 heterocycles. The van der Waals surface area contributed by atoms with Crippen molar-refractivity contribution in [3.8, 4) is 11.5 Å². The van der Waals surface area contributed by atoms with Gasteiger partial charge in [0.2, 0.25) is 5.91 Å². The number of hydrogen-bond acceptors (Lipinski definition) is 5. The summed E-state index contributed by atoms with van der Waals surface area (Å²) >= 11 is 3.41. The van der Waals surface area contributed by atoms with Crippen LogP contribution in [0.5, 0.6) is 11.5 Å². The summed E-state index contributed by atoms with van der Waals surface area (Å²) in [5.41, 5.74) is 1.64. The van der Waals surface area contributed by atoms with Crippen molar-refractivity contribution in [2.24, 2.45) is 0 Å². The Bertz CT molecular complexity index is 863. The van der Waals surface area contributed by atoms with Crippen LogP contribution in [0.3, 0.4) is 0 Å². The average Bonchev–Trinajstić information content (AvgIpc) is 2.66. The Labute approximate surface area is 166 Å². The van der Waals surface area contributed by atoms with Gasteiger partial charge in [-0.1, -0.05) is 6.07 Å². The van der Waals surface area contributed by atoms with Gasteiger partial charge >= 0.3 is 5.97 Å². The molecule has 0 radical (unpaired) electrons. The Morgan fingerprint density at radius 1 is 1.15 bits per heavy atom. The van der Waals surface area contributed by atoms with Crippen LogP contribution >= 0.6 is 15.9 Å². The molecule has 0 spiro atoms. The monoisotopic (exact) mass is 433 g/mol. The summed E-state index contributed by atoms with van der Waals surface area (Å²) in [5, 5.41) is 2.71. The molecule has 6 nitrogen and oxygen atoms in total. The Morgan fingerprint density at radius 3 is 2.59 bits per heavy atom. The van der Waals surface area contributed by atoms with Gasteiger partial charge < -0.3 is 19.5 Å². The third kappa shape index (κ3) is 5.59. The Kier molecular flexibility index (Phi) is 7.43. The fraction of sp³-hybridized carbons (Fsp3) is 0.200. The van der Waals surface area contributed by atoms with Gasteiger partial charge in [0.05, 0.1) is 30.9 Å². The number of benzene rings is 2. The van der Waals surface area contributed by atoms with Crippen LogP contribution in [0.15, 0.2) is 46.9 Å². The van der Waals surface area contributed by atoms with E-state index >= 15 is 0 Å². The van der Waals surface area contributed by atoms with Crippen molar-refractivity contribution in [2.45, 2.75) is 6.92 Å². The van der Waals surface area contributed by atoms with Gasteiger partial charge in [0.25, 0.3) is 0 Å². The van der Waals surface area contributed by atoms with Crippen molar-refractivity contribution in [1.82, 2.24) is 0 Å². The van der Waals surface area contributed by atoms with Crippen LogP contribution in [-0.4, -0.2) is 32.7 Å². The second-order valence-electron chi connectivity index (χ2n) is 5.36. The summed E-state index contributed by atoms with van der Waals surface area (Å²) < 4.78 is 16.2. The summed E-state index contributed by atoms with van der Waals surface area (Å²) in [7, 11) is 3.09. The van der Waals surface area contributed by atoms with Crippen LogP contribution in [0.1, 0.15) is 22.8 Å². The first-order chi connectivity index (χ1) is 13.0. The van der Waals surface area contributed by atoms with E-state index in [4.69, 9.17) is 14.2 Å². The van der Waals surface area contributed by atoms with E-state index in [0.29, 0.717) is 33.8 Å². The van der Waals surface area contributed by atoms with Gasteiger partial charge in [-0.05, 0) is 64.8 Å². The SMILES string of the molecule is CCOC(=O)c1cccc(NC(=O)/C=C/c2cc(Br)c(OC)c(OC)c2)c1. The quantitative estimate of drug-likeness (QED) is 0.520. The first-order valence-electron chi connectivity index (χ1n) is 8.16. The lowest BCUT2D eigenvalue weighted by Crippen LogP contribution is -2.09. The zero-order valence-electron chi connectivity index (χ0n) is 15.2. The molecular weight excluding hydrogens is 414 g/mol. The fourth-order valence-corrected chi connectivity index (χ4v) is 2.95. The minimum Gasteiger partial charge on any atom is -0.493 e. The molecule has 0 unspecified atom stereocenters. The van der Waals surface area contributed by atoms with Crippen LogP contribution in [0.2, 0.25) is 0 Å². The molecule has 7 heteroatoms. The van der Waals surface area contributed by atoms with Gasteiger partial charge in [-0.3, -0.25) is 4.79 Å². The minimum absolute atomic E-state index is 0.291. The number of ether oxygens (including phenoxy) is 3. The van der Waals surface area contributed by atoms with E-state index in [1.807, 2.05) is 6.07 Å². The molecule has 27 heavy (non-hydrogen) atoms. The maximum atomic E-state index is 12.2. The fourth-order valence-electron chi connectivity index (χ4n) is 2.33. The topological polar surface area (TPSA) is 73.9 Å². The molecule has 0 aliphatic heterocycles. The van der Waals surface area contributed by atoms with Gasteiger partial charge in [-0.2, -0.15) is 0 Å². The number of anilines is 1. The van der Waals surface area contributed by atoms with Crippen molar-refractivity contribution < 1.29 is 23.8 Å². The molecule has 0 aliphatic carbocycles. The first kappa shape index (κ1) is 20.5. The maximum Gasteiger partial charge on any atom is 0.338 e. The van der Waals surface area contributed by atoms with Crippen LogP contribution in [-0.2, 0) is 9.53 Å². The van der Waals surface area contributed by atoms with Gasteiger partial charge in [0.1, 0.15) is 0 Å². The highest BCUT2D eigenvalue weighted by Gasteiger charge is 2.10. The molecule has 2 aromatic carbocycles. The zero-order valence-corrected chi connectivity index (χ0v) is 16.8. The van der Waals surface area contributed by atoms with Crippen LogP contribution in [0.25, 0.3) is 6.08 Å². The highest BCUT2D eigenvalue weighted by molar-refractivity contribution is 9.10. The molecule has 142 valence electrons. The number of carbonyl (C=O) groups is 2. The van der Waals surface area contributed by atoms with Crippen molar-refractivity contribution >= 4 is 39.6 Å². The molecule has 0 aliphatic rings. The summed E-state index contributed by atoms with van der Waals surface area (Å²) in [6.45, 7) is 2.03. The van der Waals surface area contributed by atoms with Crippen molar-refractivity contribution in [2.75, 3.05) is 26.1 Å². The molecule has 1 N–H and O–H groups in total. The lowest BCUT2D eigenvalue weighted by atomic mass is 10.1. The van der Waals surface area contributed by atoms with Crippen LogP contribution in [0, 0.1) is 0 Å². The molecule has 0 bridgehead atoms. The highest BCUT2D eigenvalue weighted by Crippen LogP contribution is 2.36. The molecule has 0 saturated heterocycles. The summed E-state index contributed by atoms with van der Waals surface area (Å²) in [4.78, 5) is 23.9. The largest absolute Gasteiger partial charge is 0.493 e. The summed E-state index contributed by atoms with van der Waals surface area (Å²) in [6.07, 6.45) is 3.04. The van der Waals surface area contributed by atoms with E-state index in [2.05, 4.69) is 21.2 Å². The van der Waals surface area contributed by atoms with E-state index in [1.165, 1.54) is 6.08 Å². The zero-order chi connectivity index (χ0) is 19.8. The van der Waals surface area contributed by atoms with Crippen LogP contribution in [0.4, 0.5) is 5.69 Å². The lowest BCUT2D eigenvalue weighted by molar-refractivity contribution is -0.111. The third-order valence-corrected chi connectivity index (χ3v) is 4.11. The van der Waals surface area contributed by atoms with Crippen molar-refractivity contribution in [3.05, 3.63) is 58.1 Å². The van der Waals surface area contributed by atoms with Crippen molar-refractivity contribution in [1.29, 1.82) is 0 Å². The van der Waals surface area contributed by atoms with Crippen LogP contribution < -0.4 is 14.8 Å². The molecular formula is C20H20BrNO5. The normalized spacial score (nSPS) is 10.5. The standard InChI is InChI=1S/C20H20BrNO5/c1-4-27-20(24)14-6-5-7-15(12-14)22-18(23)9-8-13-10-16(21)19(26-3)17(11-13)25-2/h5-12H,4H2,1-3H3,(H,22,23)/b9-8+. The number of carbonyl (C=O) groups excluding carboxylic acids is 2. The second-order valence-corrected chi connectivity index (χ2v) is 6.22. The van der Waals surface area contributed by atoms with Gasteiger partial charge in [0, 0.05) is 11.8 Å². The number of rotatable bonds is 7. The number of esters is 1. The smallest absolute Gasteiger partial charge is 0.338 e. The van der Waals surface area contributed by atoms with Gasteiger partial charge in [-0.15, -0.1) is 0 Å². The van der Waals surface area contributed by atoms with Crippen molar-refractivity contribution in [3.63, 3.8) is 0 Å². The number of hydrogen-bond donors (Lipinski definition) is 1. The molecule has 0 aromatic heterocycles. The van der Waals surface area contributed by atoms with Gasteiger partial charge in [-0.25, -0.2) is 4.79 Å². The number of amides is 1. The molecule has 2 rings (SSSR count). The summed E-state index contributed by atoms with van der Waals surface area (Å²) in [6, 6.07) is 10.1. The molecule has 0 saturated carbocycles. The van der Waals surface area contributed by atoms with E-state index in [0.717, 1.165) is 5.56 Å². The molecule has 0 fully saturated rings. The first-order valence-corrected chi connectivity index (χ1v) is 8.95. The lowest BCUT2D eigenvalue weighted by Gasteiger charge is -2.10. The van der Waals surface area contributed by atoms with E-state index in [9.17, 15) is 9.59 Å². The Balaban J connectivity index is 2.11. The third-order valence-electron chi connectivity index (χ3n) is 3.52. The Morgan fingerprint density at radius 2 is 1.93 bits per heavy atom. The molecule has 2 aromatic rings. The predicted octanol–water partition coefficient (Wildman–Crippen LogP) is 4.29. The highest BCUT2D eigenvalue weighted by atomic mass is 79.9. The predicted molar refractivity (Wildman–Crippen MR) is 107 cm³/mol. The number of methoxy groups -OCH3 is 2. The Hall–Kier alpha value is -2.80. The average molecular weight is 434 g/mol. The number of nitrogens with one attached hydrogen (secondary N) is 1. The van der Waals surface area contributed by atoms with Gasteiger partial charge in [0.15, 0.2) is 11.5 Å². The van der Waals surface area contributed by atoms with E-state index in [1.54, 1.807) is 57.6 Å². The van der Waals surface area contributed by atoms with E-state index in [-0.39, 0.29) is 5.91 Å².